The van der Waals surface area contributed by atoms with Crippen LogP contribution in [0.15, 0.2) is 36.5 Å². The van der Waals surface area contributed by atoms with Crippen molar-refractivity contribution >= 4 is 11.8 Å². The van der Waals surface area contributed by atoms with E-state index in [9.17, 15) is 22.8 Å². The number of imide groups is 1. The van der Waals surface area contributed by atoms with Crippen molar-refractivity contribution in [2.24, 2.45) is 0 Å². The highest BCUT2D eigenvalue weighted by Crippen LogP contribution is 2.26. The molecule has 0 atom stereocenters. The lowest BCUT2D eigenvalue weighted by Gasteiger charge is -2.15. The molecule has 0 spiro atoms. The maximum absolute atomic E-state index is 12.3. The molecule has 2 aromatic rings. The van der Waals surface area contributed by atoms with E-state index in [-0.39, 0.29) is 12.3 Å². The van der Waals surface area contributed by atoms with Crippen LogP contribution < -0.4 is 4.74 Å². The Labute approximate surface area is 147 Å². The van der Waals surface area contributed by atoms with E-state index in [1.807, 2.05) is 0 Å². The number of amides is 2. The molecule has 0 bridgehead atoms. The van der Waals surface area contributed by atoms with Crippen molar-refractivity contribution in [3.8, 4) is 5.75 Å². The third-order valence-corrected chi connectivity index (χ3v) is 3.96. The Bertz CT molecular complexity index is 830. The average Bonchev–Trinajstić information content (AvgIpc) is 2.81. The van der Waals surface area contributed by atoms with Gasteiger partial charge < -0.3 is 4.74 Å². The number of alkyl halides is 3. The second kappa shape index (κ2) is 6.78. The van der Waals surface area contributed by atoms with Crippen LogP contribution in [0, 0.1) is 6.92 Å². The van der Waals surface area contributed by atoms with E-state index in [0.29, 0.717) is 22.4 Å². The second-order valence-electron chi connectivity index (χ2n) is 5.90. The van der Waals surface area contributed by atoms with Crippen LogP contribution in [0.3, 0.4) is 0 Å². The van der Waals surface area contributed by atoms with Gasteiger partial charge in [-0.15, -0.1) is 0 Å². The number of aromatic nitrogens is 1. The van der Waals surface area contributed by atoms with Crippen LogP contribution in [0.1, 0.15) is 38.4 Å². The largest absolute Gasteiger partial charge is 0.491 e. The lowest BCUT2D eigenvalue weighted by molar-refractivity contribution is -0.139. The highest BCUT2D eigenvalue weighted by atomic mass is 19.4. The van der Waals surface area contributed by atoms with E-state index >= 15 is 0 Å². The summed E-state index contributed by atoms with van der Waals surface area (Å²) in [6, 6.07) is 8.14. The molecule has 1 aliphatic heterocycles. The van der Waals surface area contributed by atoms with E-state index in [0.717, 1.165) is 4.90 Å². The second-order valence-corrected chi connectivity index (χ2v) is 5.90. The smallest absolute Gasteiger partial charge is 0.392 e. The van der Waals surface area contributed by atoms with Gasteiger partial charge in [0.25, 0.3) is 11.8 Å². The number of halogens is 3. The number of hydrogen-bond donors (Lipinski definition) is 0. The fourth-order valence-electron chi connectivity index (χ4n) is 2.66. The standard InChI is InChI=1S/C18H15F3N2O3/c1-11-8-12(22-9-15(11)26-7-6-18(19,20)21)10-23-16(24)13-4-2-3-5-14(13)17(23)25/h2-5,8-9H,6-7,10H2,1H3. The number of nitrogens with zero attached hydrogens (tertiary/aromatic N) is 2. The summed E-state index contributed by atoms with van der Waals surface area (Å²) in [6.07, 6.45) is -4.03. The highest BCUT2D eigenvalue weighted by molar-refractivity contribution is 6.21. The summed E-state index contributed by atoms with van der Waals surface area (Å²) in [7, 11) is 0. The van der Waals surface area contributed by atoms with Crippen molar-refractivity contribution in [1.29, 1.82) is 0 Å². The number of benzene rings is 1. The van der Waals surface area contributed by atoms with Crippen LogP contribution in [0.2, 0.25) is 0 Å². The third-order valence-electron chi connectivity index (χ3n) is 3.96. The first-order chi connectivity index (χ1) is 12.3. The summed E-state index contributed by atoms with van der Waals surface area (Å²) < 4.78 is 41.6. The number of carbonyl (C=O) groups excluding carboxylic acids is 2. The molecule has 0 radical (unpaired) electrons. The molecule has 2 amide bonds. The first kappa shape index (κ1) is 17.9. The van der Waals surface area contributed by atoms with E-state index in [1.165, 1.54) is 6.20 Å². The van der Waals surface area contributed by atoms with Gasteiger partial charge in [-0.3, -0.25) is 19.5 Å². The highest BCUT2D eigenvalue weighted by Gasteiger charge is 2.35. The third kappa shape index (κ3) is 3.68. The zero-order valence-corrected chi connectivity index (χ0v) is 13.8. The lowest BCUT2D eigenvalue weighted by Crippen LogP contribution is -2.29. The normalized spacial score (nSPS) is 13.9. The van der Waals surface area contributed by atoms with Gasteiger partial charge in [0.05, 0.1) is 42.6 Å². The molecule has 26 heavy (non-hydrogen) atoms. The predicted molar refractivity (Wildman–Crippen MR) is 85.8 cm³/mol. The fraction of sp³-hybridized carbons (Fsp3) is 0.278. The van der Waals surface area contributed by atoms with Crippen LogP contribution in [0.5, 0.6) is 5.75 Å². The van der Waals surface area contributed by atoms with Gasteiger partial charge in [0, 0.05) is 0 Å². The van der Waals surface area contributed by atoms with E-state index in [2.05, 4.69) is 4.98 Å². The molecule has 8 heteroatoms. The van der Waals surface area contributed by atoms with Gasteiger partial charge in [-0.1, -0.05) is 12.1 Å². The fourth-order valence-corrected chi connectivity index (χ4v) is 2.66. The van der Waals surface area contributed by atoms with Gasteiger partial charge in [-0.2, -0.15) is 13.2 Å². The Morgan fingerprint density at radius 2 is 1.73 bits per heavy atom. The summed E-state index contributed by atoms with van der Waals surface area (Å²) in [5, 5.41) is 0. The topological polar surface area (TPSA) is 59.5 Å². The molecule has 1 aliphatic rings. The number of rotatable bonds is 5. The van der Waals surface area contributed by atoms with Crippen LogP contribution >= 0.6 is 0 Å². The molecule has 0 fully saturated rings. The zero-order valence-electron chi connectivity index (χ0n) is 13.8. The first-order valence-corrected chi connectivity index (χ1v) is 7.86. The Hall–Kier alpha value is -2.90. The predicted octanol–water partition coefficient (Wildman–Crippen LogP) is 3.52. The zero-order chi connectivity index (χ0) is 18.9. The molecular weight excluding hydrogens is 349 g/mol. The first-order valence-electron chi connectivity index (χ1n) is 7.86. The monoisotopic (exact) mass is 364 g/mol. The van der Waals surface area contributed by atoms with Crippen molar-refractivity contribution in [1.82, 2.24) is 9.88 Å². The average molecular weight is 364 g/mol. The number of pyridine rings is 1. The Morgan fingerprint density at radius 3 is 2.27 bits per heavy atom. The number of ether oxygens (including phenoxy) is 1. The van der Waals surface area contributed by atoms with Crippen molar-refractivity contribution in [3.05, 3.63) is 58.9 Å². The van der Waals surface area contributed by atoms with Crippen LogP contribution in [0.4, 0.5) is 13.2 Å². The Morgan fingerprint density at radius 1 is 1.12 bits per heavy atom. The SMILES string of the molecule is Cc1cc(CN2C(=O)c3ccccc3C2=O)ncc1OCCC(F)(F)F. The van der Waals surface area contributed by atoms with Gasteiger partial charge in [0.2, 0.25) is 0 Å². The molecule has 0 unspecified atom stereocenters. The molecule has 1 aromatic heterocycles. The van der Waals surface area contributed by atoms with E-state index in [4.69, 9.17) is 4.74 Å². The van der Waals surface area contributed by atoms with Gasteiger partial charge in [0.15, 0.2) is 0 Å². The van der Waals surface area contributed by atoms with E-state index < -0.39 is 31.0 Å². The van der Waals surface area contributed by atoms with Crippen molar-refractivity contribution in [2.45, 2.75) is 26.1 Å². The van der Waals surface area contributed by atoms with Gasteiger partial charge >= 0.3 is 6.18 Å². The molecule has 136 valence electrons. The summed E-state index contributed by atoms with van der Waals surface area (Å²) in [4.78, 5) is 29.9. The number of fused-ring (bicyclic) bond motifs is 1. The lowest BCUT2D eigenvalue weighted by atomic mass is 10.1. The summed E-state index contributed by atoms with van der Waals surface area (Å²) in [5.74, 6) is -0.550. The van der Waals surface area contributed by atoms with Crippen LogP contribution in [-0.4, -0.2) is 34.5 Å². The molecule has 5 nitrogen and oxygen atoms in total. The molecule has 0 aliphatic carbocycles. The molecule has 2 heterocycles. The molecule has 3 rings (SSSR count). The summed E-state index contributed by atoms with van der Waals surface area (Å²) in [5.41, 5.74) is 1.72. The molecular formula is C18H15F3N2O3. The van der Waals surface area contributed by atoms with E-state index in [1.54, 1.807) is 37.3 Å². The van der Waals surface area contributed by atoms with Gasteiger partial charge in [-0.05, 0) is 30.7 Å². The molecule has 0 saturated heterocycles. The van der Waals surface area contributed by atoms with Gasteiger partial charge in [0.1, 0.15) is 5.75 Å². The van der Waals surface area contributed by atoms with Crippen molar-refractivity contribution in [2.75, 3.05) is 6.61 Å². The quantitative estimate of drug-likeness (QED) is 0.762. The maximum atomic E-state index is 12.3. The minimum Gasteiger partial charge on any atom is -0.491 e. The van der Waals surface area contributed by atoms with Gasteiger partial charge in [-0.25, -0.2) is 0 Å². The Balaban J connectivity index is 1.69. The summed E-state index contributed by atoms with van der Waals surface area (Å²) in [6.45, 7) is 1.15. The van der Waals surface area contributed by atoms with Crippen molar-refractivity contribution < 1.29 is 27.5 Å². The minimum atomic E-state index is -4.28. The Kier molecular flexibility index (Phi) is 4.67. The number of aryl methyl sites for hydroxylation is 1. The minimum absolute atomic E-state index is 0.0178. The maximum Gasteiger partial charge on any atom is 0.392 e. The molecule has 1 aromatic carbocycles. The van der Waals surface area contributed by atoms with Crippen molar-refractivity contribution in [3.63, 3.8) is 0 Å². The summed E-state index contributed by atoms with van der Waals surface area (Å²) >= 11 is 0. The van der Waals surface area contributed by atoms with Crippen LogP contribution in [0.25, 0.3) is 0 Å². The molecule has 0 saturated carbocycles. The number of carbonyl (C=O) groups is 2. The number of hydrogen-bond acceptors (Lipinski definition) is 4. The van der Waals surface area contributed by atoms with Crippen LogP contribution in [-0.2, 0) is 6.54 Å². The molecule has 0 N–H and O–H groups in total.